The molecule has 6 heteroatoms. The van der Waals surface area contributed by atoms with Crippen LogP contribution in [0.5, 0.6) is 0 Å². The molecule has 6 nitrogen and oxygen atoms in total. The number of rotatable bonds is 4. The third-order valence-corrected chi connectivity index (χ3v) is 2.30. The monoisotopic (exact) mass is 235 g/mol. The average molecular weight is 235 g/mol. The first-order chi connectivity index (χ1) is 8.01. The third-order valence-electron chi connectivity index (χ3n) is 2.30. The van der Waals surface area contributed by atoms with Gasteiger partial charge in [-0.15, -0.1) is 0 Å². The maximum atomic E-state index is 11.5. The average Bonchev–Trinajstić information content (AvgIpc) is 2.55. The molecular weight excluding hydrogens is 218 g/mol. The van der Waals surface area contributed by atoms with Crippen molar-refractivity contribution in [3.8, 4) is 6.07 Å². The maximum Gasteiger partial charge on any atom is 0.228 e. The fourth-order valence-electron chi connectivity index (χ4n) is 1.32. The van der Waals surface area contributed by atoms with Crippen molar-refractivity contribution >= 4 is 17.5 Å². The Bertz CT molecular complexity index is 455. The first kappa shape index (κ1) is 13.0. The minimum absolute atomic E-state index is 0.168. The Labute approximate surface area is 100 Å². The number of nitrogens with one attached hydrogen (secondary N) is 1. The number of nitrogens with two attached hydrogens (primary N) is 1. The van der Waals surface area contributed by atoms with Crippen molar-refractivity contribution in [1.29, 1.82) is 5.26 Å². The van der Waals surface area contributed by atoms with E-state index in [4.69, 9.17) is 11.0 Å². The first-order valence-electron chi connectivity index (χ1n) is 5.58. The van der Waals surface area contributed by atoms with Crippen molar-refractivity contribution in [1.82, 2.24) is 9.78 Å². The lowest BCUT2D eigenvalue weighted by Gasteiger charge is -2.04. The number of hydrogen-bond acceptors (Lipinski definition) is 4. The molecule has 0 fully saturated rings. The molecule has 0 aliphatic carbocycles. The van der Waals surface area contributed by atoms with Gasteiger partial charge in [0.2, 0.25) is 5.91 Å². The number of nitrogens with zero attached hydrogens (tertiary/aromatic N) is 3. The summed E-state index contributed by atoms with van der Waals surface area (Å²) in [6, 6.07) is 1.96. The molecule has 1 aromatic heterocycles. The predicted octanol–water partition coefficient (Wildman–Crippen LogP) is 1.34. The summed E-state index contributed by atoms with van der Waals surface area (Å²) in [5, 5.41) is 15.7. The van der Waals surface area contributed by atoms with Crippen LogP contribution in [0, 0.1) is 17.2 Å². The minimum Gasteiger partial charge on any atom is -0.383 e. The van der Waals surface area contributed by atoms with Crippen LogP contribution in [0.15, 0.2) is 0 Å². The highest BCUT2D eigenvalue weighted by Crippen LogP contribution is 2.21. The van der Waals surface area contributed by atoms with E-state index in [1.165, 1.54) is 4.68 Å². The standard InChI is InChI=1S/C11H17N5O/c1-4-5-16-9(13)8(6-12)10(15-16)14-11(17)7(2)3/h7H,4-5,13H2,1-3H3,(H,14,15,17). The van der Waals surface area contributed by atoms with Crippen LogP contribution in [0.25, 0.3) is 0 Å². The van der Waals surface area contributed by atoms with Crippen molar-refractivity contribution in [3.05, 3.63) is 5.56 Å². The van der Waals surface area contributed by atoms with E-state index < -0.39 is 0 Å². The number of amides is 1. The van der Waals surface area contributed by atoms with Crippen LogP contribution in [-0.2, 0) is 11.3 Å². The van der Waals surface area contributed by atoms with Gasteiger partial charge in [-0.25, -0.2) is 4.68 Å². The zero-order valence-corrected chi connectivity index (χ0v) is 10.3. The van der Waals surface area contributed by atoms with Crippen LogP contribution in [-0.4, -0.2) is 15.7 Å². The van der Waals surface area contributed by atoms with Gasteiger partial charge in [0, 0.05) is 12.5 Å². The Morgan fingerprint density at radius 1 is 1.65 bits per heavy atom. The summed E-state index contributed by atoms with van der Waals surface area (Å²) in [5.41, 5.74) is 6.01. The summed E-state index contributed by atoms with van der Waals surface area (Å²) in [6.45, 7) is 6.15. The highest BCUT2D eigenvalue weighted by atomic mass is 16.1. The molecule has 0 aliphatic heterocycles. The highest BCUT2D eigenvalue weighted by molar-refractivity contribution is 5.93. The number of nitriles is 1. The smallest absolute Gasteiger partial charge is 0.228 e. The van der Waals surface area contributed by atoms with Gasteiger partial charge in [-0.3, -0.25) is 4.79 Å². The number of anilines is 2. The van der Waals surface area contributed by atoms with Crippen molar-refractivity contribution in [2.24, 2.45) is 5.92 Å². The highest BCUT2D eigenvalue weighted by Gasteiger charge is 2.18. The number of carbonyl (C=O) groups excluding carboxylic acids is 1. The molecule has 0 bridgehead atoms. The molecule has 0 saturated carbocycles. The SMILES string of the molecule is CCCn1nc(NC(=O)C(C)C)c(C#N)c1N. The third kappa shape index (κ3) is 2.75. The Balaban J connectivity index is 3.04. The zero-order chi connectivity index (χ0) is 13.0. The number of aromatic nitrogens is 2. The quantitative estimate of drug-likeness (QED) is 0.823. The van der Waals surface area contributed by atoms with Crippen molar-refractivity contribution in [3.63, 3.8) is 0 Å². The van der Waals surface area contributed by atoms with Gasteiger partial charge >= 0.3 is 0 Å². The van der Waals surface area contributed by atoms with Crippen LogP contribution in [0.2, 0.25) is 0 Å². The normalized spacial score (nSPS) is 10.3. The van der Waals surface area contributed by atoms with E-state index in [1.54, 1.807) is 13.8 Å². The van der Waals surface area contributed by atoms with Crippen LogP contribution < -0.4 is 11.1 Å². The molecule has 0 aliphatic rings. The zero-order valence-electron chi connectivity index (χ0n) is 10.3. The van der Waals surface area contributed by atoms with Crippen LogP contribution in [0.1, 0.15) is 32.8 Å². The van der Waals surface area contributed by atoms with E-state index in [2.05, 4.69) is 10.4 Å². The molecule has 17 heavy (non-hydrogen) atoms. The van der Waals surface area contributed by atoms with E-state index in [0.717, 1.165) is 6.42 Å². The van der Waals surface area contributed by atoms with Gasteiger partial charge in [0.05, 0.1) is 0 Å². The van der Waals surface area contributed by atoms with Crippen molar-refractivity contribution < 1.29 is 4.79 Å². The maximum absolute atomic E-state index is 11.5. The number of aryl methyl sites for hydroxylation is 1. The van der Waals surface area contributed by atoms with Gasteiger partial charge in [0.25, 0.3) is 0 Å². The van der Waals surface area contributed by atoms with Crippen LogP contribution in [0.3, 0.4) is 0 Å². The van der Waals surface area contributed by atoms with E-state index >= 15 is 0 Å². The fourth-order valence-corrected chi connectivity index (χ4v) is 1.32. The van der Waals surface area contributed by atoms with E-state index in [0.29, 0.717) is 12.4 Å². The molecule has 0 saturated heterocycles. The molecule has 1 heterocycles. The second kappa shape index (κ2) is 5.34. The molecule has 0 aromatic carbocycles. The minimum atomic E-state index is -0.178. The van der Waals surface area contributed by atoms with Crippen molar-refractivity contribution in [2.45, 2.75) is 33.7 Å². The topological polar surface area (TPSA) is 96.7 Å². The predicted molar refractivity (Wildman–Crippen MR) is 65.1 cm³/mol. The molecule has 0 atom stereocenters. The van der Waals surface area contributed by atoms with Crippen LogP contribution in [0.4, 0.5) is 11.6 Å². The Morgan fingerprint density at radius 2 is 2.29 bits per heavy atom. The molecule has 1 aromatic rings. The summed E-state index contributed by atoms with van der Waals surface area (Å²) < 4.78 is 1.54. The number of carbonyl (C=O) groups is 1. The summed E-state index contributed by atoms with van der Waals surface area (Å²) >= 11 is 0. The van der Waals surface area contributed by atoms with E-state index in [1.807, 2.05) is 13.0 Å². The molecule has 1 rings (SSSR count). The largest absolute Gasteiger partial charge is 0.383 e. The Morgan fingerprint density at radius 3 is 2.76 bits per heavy atom. The lowest BCUT2D eigenvalue weighted by atomic mass is 10.2. The first-order valence-corrected chi connectivity index (χ1v) is 5.58. The molecule has 0 radical (unpaired) electrons. The molecule has 92 valence electrons. The van der Waals surface area contributed by atoms with E-state index in [-0.39, 0.29) is 23.2 Å². The van der Waals surface area contributed by atoms with Gasteiger partial charge in [-0.2, -0.15) is 10.4 Å². The van der Waals surface area contributed by atoms with Gasteiger partial charge in [-0.05, 0) is 6.42 Å². The van der Waals surface area contributed by atoms with Crippen molar-refractivity contribution in [2.75, 3.05) is 11.1 Å². The molecule has 0 unspecified atom stereocenters. The summed E-state index contributed by atoms with van der Waals surface area (Å²) in [7, 11) is 0. The van der Waals surface area contributed by atoms with Gasteiger partial charge in [0.15, 0.2) is 5.82 Å². The number of hydrogen-bond donors (Lipinski definition) is 2. The fraction of sp³-hybridized carbons (Fsp3) is 0.545. The Kier molecular flexibility index (Phi) is 4.10. The summed E-state index contributed by atoms with van der Waals surface area (Å²) in [5.74, 6) is 0.201. The summed E-state index contributed by atoms with van der Waals surface area (Å²) in [6.07, 6.45) is 0.855. The van der Waals surface area contributed by atoms with Gasteiger partial charge in [-0.1, -0.05) is 20.8 Å². The van der Waals surface area contributed by atoms with Crippen LogP contribution >= 0.6 is 0 Å². The molecule has 3 N–H and O–H groups in total. The lowest BCUT2D eigenvalue weighted by molar-refractivity contribution is -0.118. The number of nitrogen functional groups attached to an aromatic ring is 1. The second-order valence-corrected chi connectivity index (χ2v) is 4.09. The van der Waals surface area contributed by atoms with Gasteiger partial charge in [0.1, 0.15) is 17.5 Å². The summed E-state index contributed by atoms with van der Waals surface area (Å²) in [4.78, 5) is 11.5. The van der Waals surface area contributed by atoms with Gasteiger partial charge < -0.3 is 11.1 Å². The molecule has 1 amide bonds. The second-order valence-electron chi connectivity index (χ2n) is 4.09. The van der Waals surface area contributed by atoms with E-state index in [9.17, 15) is 4.79 Å². The molecule has 0 spiro atoms. The molecular formula is C11H17N5O. The Hall–Kier alpha value is -2.03. The lowest BCUT2D eigenvalue weighted by Crippen LogP contribution is -2.18.